The summed E-state index contributed by atoms with van der Waals surface area (Å²) in [5.41, 5.74) is 6.61. The van der Waals surface area contributed by atoms with Crippen molar-refractivity contribution in [2.45, 2.75) is 6.54 Å². The second kappa shape index (κ2) is 5.00. The van der Waals surface area contributed by atoms with Crippen LogP contribution in [0.25, 0.3) is 0 Å². The van der Waals surface area contributed by atoms with Crippen LogP contribution in [0.3, 0.4) is 0 Å². The summed E-state index contributed by atoms with van der Waals surface area (Å²) >= 11 is 0. The van der Waals surface area contributed by atoms with Gasteiger partial charge >= 0.3 is 0 Å². The maximum Gasteiger partial charge on any atom is 0.234 e. The van der Waals surface area contributed by atoms with Gasteiger partial charge in [0.05, 0.1) is 18.2 Å². The molecule has 0 aliphatic heterocycles. The molecule has 0 fully saturated rings. The van der Waals surface area contributed by atoms with Crippen molar-refractivity contribution in [1.29, 1.82) is 5.26 Å². The van der Waals surface area contributed by atoms with Gasteiger partial charge in [-0.1, -0.05) is 12.1 Å². The summed E-state index contributed by atoms with van der Waals surface area (Å²) < 4.78 is 0. The van der Waals surface area contributed by atoms with Crippen molar-refractivity contribution in [2.24, 2.45) is 5.73 Å². The zero-order valence-corrected chi connectivity index (χ0v) is 7.66. The number of nitrogens with two attached hydrogens (primary N) is 1. The molecule has 1 amide bonds. The lowest BCUT2D eigenvalue weighted by Crippen LogP contribution is -2.29. The van der Waals surface area contributed by atoms with Crippen molar-refractivity contribution >= 4 is 5.91 Å². The molecule has 1 rings (SSSR count). The number of nitrogens with one attached hydrogen (secondary N) is 1. The van der Waals surface area contributed by atoms with Crippen molar-refractivity contribution in [3.05, 3.63) is 35.4 Å². The molecule has 0 aromatic heterocycles. The van der Waals surface area contributed by atoms with Crippen molar-refractivity contribution < 1.29 is 4.79 Å². The first-order chi connectivity index (χ1) is 6.76. The van der Waals surface area contributed by atoms with E-state index in [0.717, 1.165) is 5.56 Å². The van der Waals surface area contributed by atoms with Crippen LogP contribution in [0.4, 0.5) is 0 Å². The Balaban J connectivity index is 2.60. The first-order valence-electron chi connectivity index (χ1n) is 4.22. The maximum atomic E-state index is 10.8. The molecule has 1 aromatic rings. The van der Waals surface area contributed by atoms with Gasteiger partial charge in [-0.15, -0.1) is 0 Å². The van der Waals surface area contributed by atoms with E-state index in [0.29, 0.717) is 12.1 Å². The average Bonchev–Trinajstić information content (AvgIpc) is 2.26. The first kappa shape index (κ1) is 10.2. The van der Waals surface area contributed by atoms with Crippen LogP contribution in [0.1, 0.15) is 11.1 Å². The summed E-state index contributed by atoms with van der Waals surface area (Å²) in [6.45, 7) is 0.392. The monoisotopic (exact) mass is 189 g/mol. The van der Waals surface area contributed by atoms with Crippen LogP contribution < -0.4 is 11.1 Å². The van der Waals surface area contributed by atoms with Crippen LogP contribution in [0.5, 0.6) is 0 Å². The number of benzene rings is 1. The van der Waals surface area contributed by atoms with Crippen LogP contribution in [0, 0.1) is 11.3 Å². The van der Waals surface area contributed by atoms with E-state index in [9.17, 15) is 4.79 Å². The van der Waals surface area contributed by atoms with Gasteiger partial charge in [0.1, 0.15) is 0 Å². The van der Waals surface area contributed by atoms with Crippen LogP contribution in [-0.4, -0.2) is 12.5 Å². The van der Waals surface area contributed by atoms with Crippen molar-refractivity contribution in [3.8, 4) is 6.07 Å². The van der Waals surface area contributed by atoms with E-state index < -0.39 is 0 Å². The number of carbonyl (C=O) groups is 1. The number of nitrogens with zero attached hydrogens (tertiary/aromatic N) is 1. The molecule has 1 aromatic carbocycles. The lowest BCUT2D eigenvalue weighted by Gasteiger charge is -2.03. The molecule has 0 atom stereocenters. The number of hydrogen-bond donors (Lipinski definition) is 2. The Morgan fingerprint density at radius 1 is 1.57 bits per heavy atom. The summed E-state index contributed by atoms with van der Waals surface area (Å²) in [5, 5.41) is 11.3. The minimum absolute atomic E-state index is 0.0159. The van der Waals surface area contributed by atoms with Crippen LogP contribution in [-0.2, 0) is 11.3 Å². The summed E-state index contributed by atoms with van der Waals surface area (Å²) in [6, 6.07) is 9.11. The standard InChI is InChI=1S/C10H11N3O/c11-5-8-2-1-3-9(4-8)7-13-10(14)6-12/h1-4H,6-7,12H2,(H,13,14). The van der Waals surface area contributed by atoms with E-state index in [2.05, 4.69) is 5.32 Å². The second-order valence-corrected chi connectivity index (χ2v) is 2.79. The molecule has 0 aliphatic rings. The lowest BCUT2D eigenvalue weighted by molar-refractivity contribution is -0.119. The molecule has 0 bridgehead atoms. The Morgan fingerprint density at radius 2 is 2.36 bits per heavy atom. The summed E-state index contributed by atoms with van der Waals surface area (Å²) in [6.07, 6.45) is 0. The molecule has 14 heavy (non-hydrogen) atoms. The molecule has 0 aliphatic carbocycles. The third-order valence-electron chi connectivity index (χ3n) is 1.73. The molecule has 0 unspecified atom stereocenters. The van der Waals surface area contributed by atoms with Gasteiger partial charge in [-0.05, 0) is 17.7 Å². The zero-order chi connectivity index (χ0) is 10.4. The fourth-order valence-corrected chi connectivity index (χ4v) is 1.02. The van der Waals surface area contributed by atoms with Crippen LogP contribution >= 0.6 is 0 Å². The van der Waals surface area contributed by atoms with Crippen molar-refractivity contribution in [3.63, 3.8) is 0 Å². The predicted molar refractivity (Wildman–Crippen MR) is 52.1 cm³/mol. The van der Waals surface area contributed by atoms with Crippen molar-refractivity contribution in [2.75, 3.05) is 6.54 Å². The quantitative estimate of drug-likeness (QED) is 0.709. The third kappa shape index (κ3) is 2.88. The molecular weight excluding hydrogens is 178 g/mol. The van der Waals surface area contributed by atoms with Gasteiger partial charge in [0.15, 0.2) is 0 Å². The van der Waals surface area contributed by atoms with Gasteiger partial charge in [-0.25, -0.2) is 0 Å². The molecule has 0 heterocycles. The van der Waals surface area contributed by atoms with E-state index in [1.807, 2.05) is 12.1 Å². The van der Waals surface area contributed by atoms with Gasteiger partial charge in [-0.3, -0.25) is 4.79 Å². The SMILES string of the molecule is N#Cc1cccc(CNC(=O)CN)c1. The summed E-state index contributed by atoms with van der Waals surface area (Å²) in [5.74, 6) is -0.202. The van der Waals surface area contributed by atoms with E-state index >= 15 is 0 Å². The average molecular weight is 189 g/mol. The number of amides is 1. The molecular formula is C10H11N3O. The van der Waals surface area contributed by atoms with Gasteiger partial charge < -0.3 is 11.1 Å². The number of nitriles is 1. The molecule has 72 valence electrons. The fraction of sp³-hybridized carbons (Fsp3) is 0.200. The maximum absolute atomic E-state index is 10.8. The van der Waals surface area contributed by atoms with E-state index in [1.165, 1.54) is 0 Å². The Kier molecular flexibility index (Phi) is 3.65. The topological polar surface area (TPSA) is 78.9 Å². The highest BCUT2D eigenvalue weighted by molar-refractivity contribution is 5.77. The third-order valence-corrected chi connectivity index (χ3v) is 1.73. The second-order valence-electron chi connectivity index (χ2n) is 2.79. The fourth-order valence-electron chi connectivity index (χ4n) is 1.02. The molecule has 3 N–H and O–H groups in total. The molecule has 0 spiro atoms. The molecule has 4 heteroatoms. The van der Waals surface area contributed by atoms with Gasteiger partial charge in [0.25, 0.3) is 0 Å². The van der Waals surface area contributed by atoms with Crippen molar-refractivity contribution in [1.82, 2.24) is 5.32 Å². The van der Waals surface area contributed by atoms with Crippen LogP contribution in [0.15, 0.2) is 24.3 Å². The van der Waals surface area contributed by atoms with E-state index in [1.54, 1.807) is 18.2 Å². The minimum Gasteiger partial charge on any atom is -0.351 e. The molecule has 0 saturated carbocycles. The highest BCUT2D eigenvalue weighted by Gasteiger charge is 1.98. The summed E-state index contributed by atoms with van der Waals surface area (Å²) in [7, 11) is 0. The number of carbonyl (C=O) groups excluding carboxylic acids is 1. The number of hydrogen-bond acceptors (Lipinski definition) is 3. The Hall–Kier alpha value is -1.86. The van der Waals surface area contributed by atoms with Gasteiger partial charge in [0, 0.05) is 6.54 Å². The zero-order valence-electron chi connectivity index (χ0n) is 7.66. The van der Waals surface area contributed by atoms with E-state index in [4.69, 9.17) is 11.0 Å². The molecule has 4 nitrogen and oxygen atoms in total. The normalized spacial score (nSPS) is 9.14. The highest BCUT2D eigenvalue weighted by atomic mass is 16.1. The largest absolute Gasteiger partial charge is 0.351 e. The lowest BCUT2D eigenvalue weighted by atomic mass is 10.1. The van der Waals surface area contributed by atoms with Crippen LogP contribution in [0.2, 0.25) is 0 Å². The van der Waals surface area contributed by atoms with Gasteiger partial charge in [-0.2, -0.15) is 5.26 Å². The smallest absolute Gasteiger partial charge is 0.234 e. The summed E-state index contributed by atoms with van der Waals surface area (Å²) in [4.78, 5) is 10.8. The number of rotatable bonds is 3. The minimum atomic E-state index is -0.202. The molecule has 0 radical (unpaired) electrons. The Bertz CT molecular complexity index is 368. The Morgan fingerprint density at radius 3 is 3.00 bits per heavy atom. The van der Waals surface area contributed by atoms with Gasteiger partial charge in [0.2, 0.25) is 5.91 Å². The van der Waals surface area contributed by atoms with E-state index in [-0.39, 0.29) is 12.5 Å². The predicted octanol–water partition coefficient (Wildman–Crippen LogP) is 0.133. The molecule has 0 saturated heterocycles. The highest BCUT2D eigenvalue weighted by Crippen LogP contribution is 2.03. The Labute approximate surface area is 82.3 Å². The first-order valence-corrected chi connectivity index (χ1v) is 4.22.